The molecule has 0 aromatic heterocycles. The van der Waals surface area contributed by atoms with Gasteiger partial charge in [-0.2, -0.15) is 0 Å². The average molecular weight is 218 g/mol. The Morgan fingerprint density at radius 2 is 2.12 bits per heavy atom. The number of nitrogens with two attached hydrogens (primary N) is 1. The maximum absolute atomic E-state index is 12.0. The summed E-state index contributed by atoms with van der Waals surface area (Å²) in [6.07, 6.45) is 0.939. The normalized spacial score (nSPS) is 14.4. The Hall–Kier alpha value is -1.51. The molecule has 0 bridgehead atoms. The highest BCUT2D eigenvalue weighted by Crippen LogP contribution is 2.32. The van der Waals surface area contributed by atoms with E-state index in [1.807, 2.05) is 31.7 Å². The number of hydrogen-bond acceptors (Lipinski definition) is 2. The number of rotatable bonds is 1. The molecule has 3 nitrogen and oxygen atoms in total. The van der Waals surface area contributed by atoms with Crippen molar-refractivity contribution in [1.82, 2.24) is 0 Å². The number of hydrogen-bond donors (Lipinski definition) is 1. The Kier molecular flexibility index (Phi) is 2.62. The highest BCUT2D eigenvalue weighted by atomic mass is 16.2. The summed E-state index contributed by atoms with van der Waals surface area (Å²) < 4.78 is 0. The zero-order valence-corrected chi connectivity index (χ0v) is 10.1. The fourth-order valence-electron chi connectivity index (χ4n) is 2.12. The Morgan fingerprint density at radius 3 is 2.75 bits per heavy atom. The molecule has 0 saturated carbocycles. The molecule has 0 atom stereocenters. The maximum Gasteiger partial charge on any atom is 0.229 e. The smallest absolute Gasteiger partial charge is 0.229 e. The lowest BCUT2D eigenvalue weighted by molar-refractivity contribution is -0.121. The summed E-state index contributed by atoms with van der Waals surface area (Å²) >= 11 is 0. The predicted octanol–water partition coefficient (Wildman–Crippen LogP) is 2.12. The van der Waals surface area contributed by atoms with Crippen molar-refractivity contribution >= 4 is 17.3 Å². The highest BCUT2D eigenvalue weighted by Gasteiger charge is 2.26. The van der Waals surface area contributed by atoms with Gasteiger partial charge in [0.15, 0.2) is 0 Å². The van der Waals surface area contributed by atoms with Crippen LogP contribution in [0.4, 0.5) is 11.4 Å². The molecule has 0 fully saturated rings. The number of carbonyl (C=O) groups excluding carboxylic acids is 1. The minimum Gasteiger partial charge on any atom is -0.398 e. The first-order chi connectivity index (χ1) is 7.50. The predicted molar refractivity (Wildman–Crippen MR) is 66.5 cm³/mol. The lowest BCUT2D eigenvalue weighted by atomic mass is 10.1. The quantitative estimate of drug-likeness (QED) is 0.734. The van der Waals surface area contributed by atoms with Crippen LogP contribution in [0.2, 0.25) is 0 Å². The molecule has 0 aliphatic carbocycles. The van der Waals surface area contributed by atoms with Gasteiger partial charge in [-0.15, -0.1) is 0 Å². The van der Waals surface area contributed by atoms with Crippen LogP contribution in [0.25, 0.3) is 0 Å². The van der Waals surface area contributed by atoms with Gasteiger partial charge in [0, 0.05) is 23.8 Å². The third kappa shape index (κ3) is 1.66. The van der Waals surface area contributed by atoms with E-state index in [-0.39, 0.29) is 11.8 Å². The van der Waals surface area contributed by atoms with Crippen LogP contribution in [0.15, 0.2) is 12.1 Å². The molecule has 0 unspecified atom stereocenters. The van der Waals surface area contributed by atoms with Crippen molar-refractivity contribution in [3.63, 3.8) is 0 Å². The molecule has 0 saturated heterocycles. The van der Waals surface area contributed by atoms with E-state index in [0.717, 1.165) is 29.9 Å². The first kappa shape index (κ1) is 11.0. The summed E-state index contributed by atoms with van der Waals surface area (Å²) in [4.78, 5) is 13.8. The van der Waals surface area contributed by atoms with Crippen LogP contribution in [-0.2, 0) is 11.2 Å². The van der Waals surface area contributed by atoms with Gasteiger partial charge in [0.1, 0.15) is 0 Å². The molecular weight excluding hydrogens is 200 g/mol. The summed E-state index contributed by atoms with van der Waals surface area (Å²) in [6.45, 7) is 6.65. The second-order valence-corrected chi connectivity index (χ2v) is 4.73. The van der Waals surface area contributed by atoms with Crippen molar-refractivity contribution in [3.8, 4) is 0 Å². The Morgan fingerprint density at radius 1 is 1.44 bits per heavy atom. The van der Waals surface area contributed by atoms with Crippen LogP contribution in [-0.4, -0.2) is 12.5 Å². The minimum atomic E-state index is 0.0356. The molecular formula is C13H18N2O. The van der Waals surface area contributed by atoms with Crippen molar-refractivity contribution in [2.45, 2.75) is 27.2 Å². The van der Waals surface area contributed by atoms with E-state index in [4.69, 9.17) is 5.73 Å². The SMILES string of the molecule is Cc1cc2c(cc1N)N(C(=O)C(C)C)CC2. The molecule has 3 heteroatoms. The molecule has 86 valence electrons. The van der Waals surface area contributed by atoms with Gasteiger partial charge in [0.05, 0.1) is 0 Å². The number of benzene rings is 1. The largest absolute Gasteiger partial charge is 0.398 e. The standard InChI is InChI=1S/C13H18N2O/c1-8(2)13(16)15-5-4-10-6-9(3)11(14)7-12(10)15/h6-8H,4-5,14H2,1-3H3. The third-order valence-corrected chi connectivity index (χ3v) is 3.12. The summed E-state index contributed by atoms with van der Waals surface area (Å²) in [5.41, 5.74) is 9.99. The van der Waals surface area contributed by atoms with E-state index >= 15 is 0 Å². The third-order valence-electron chi connectivity index (χ3n) is 3.12. The van der Waals surface area contributed by atoms with E-state index < -0.39 is 0 Å². The number of fused-ring (bicyclic) bond motifs is 1. The minimum absolute atomic E-state index is 0.0356. The molecule has 1 amide bonds. The average Bonchev–Trinajstić information content (AvgIpc) is 2.60. The van der Waals surface area contributed by atoms with Gasteiger partial charge in [0.25, 0.3) is 0 Å². The van der Waals surface area contributed by atoms with E-state index in [9.17, 15) is 4.79 Å². The van der Waals surface area contributed by atoms with Gasteiger partial charge in [-0.05, 0) is 30.5 Å². The molecule has 2 rings (SSSR count). The number of nitrogens with zero attached hydrogens (tertiary/aromatic N) is 1. The zero-order valence-electron chi connectivity index (χ0n) is 10.1. The van der Waals surface area contributed by atoms with E-state index in [1.165, 1.54) is 5.56 Å². The van der Waals surface area contributed by atoms with Crippen molar-refractivity contribution in [2.24, 2.45) is 5.92 Å². The second-order valence-electron chi connectivity index (χ2n) is 4.73. The van der Waals surface area contributed by atoms with Gasteiger partial charge in [-0.1, -0.05) is 19.9 Å². The summed E-state index contributed by atoms with van der Waals surface area (Å²) in [5, 5.41) is 0. The van der Waals surface area contributed by atoms with Gasteiger partial charge in [0.2, 0.25) is 5.91 Å². The Bertz CT molecular complexity index is 438. The fourth-order valence-corrected chi connectivity index (χ4v) is 2.12. The van der Waals surface area contributed by atoms with E-state index in [2.05, 4.69) is 6.07 Å². The molecule has 0 spiro atoms. The number of anilines is 2. The van der Waals surface area contributed by atoms with Crippen LogP contribution in [0.3, 0.4) is 0 Å². The highest BCUT2D eigenvalue weighted by molar-refractivity contribution is 5.97. The molecule has 1 aliphatic heterocycles. The molecule has 0 radical (unpaired) electrons. The van der Waals surface area contributed by atoms with Crippen LogP contribution >= 0.6 is 0 Å². The van der Waals surface area contributed by atoms with Crippen LogP contribution in [0, 0.1) is 12.8 Å². The fraction of sp³-hybridized carbons (Fsp3) is 0.462. The number of aryl methyl sites for hydroxylation is 1. The Balaban J connectivity index is 2.40. The van der Waals surface area contributed by atoms with Crippen molar-refractivity contribution in [1.29, 1.82) is 0 Å². The van der Waals surface area contributed by atoms with Crippen molar-refractivity contribution in [3.05, 3.63) is 23.3 Å². The molecule has 1 aromatic carbocycles. The van der Waals surface area contributed by atoms with Crippen molar-refractivity contribution < 1.29 is 4.79 Å². The monoisotopic (exact) mass is 218 g/mol. The van der Waals surface area contributed by atoms with Crippen LogP contribution < -0.4 is 10.6 Å². The van der Waals surface area contributed by atoms with Gasteiger partial charge >= 0.3 is 0 Å². The maximum atomic E-state index is 12.0. The molecule has 2 N–H and O–H groups in total. The topological polar surface area (TPSA) is 46.3 Å². The number of carbonyl (C=O) groups is 1. The number of nitrogen functional groups attached to an aromatic ring is 1. The van der Waals surface area contributed by atoms with Gasteiger partial charge in [-0.3, -0.25) is 4.79 Å². The van der Waals surface area contributed by atoms with Gasteiger partial charge < -0.3 is 10.6 Å². The molecule has 1 heterocycles. The van der Waals surface area contributed by atoms with Gasteiger partial charge in [-0.25, -0.2) is 0 Å². The summed E-state index contributed by atoms with van der Waals surface area (Å²) in [6, 6.07) is 4.02. The first-order valence-corrected chi connectivity index (χ1v) is 5.71. The lowest BCUT2D eigenvalue weighted by Gasteiger charge is -2.20. The first-order valence-electron chi connectivity index (χ1n) is 5.71. The number of amides is 1. The summed E-state index contributed by atoms with van der Waals surface area (Å²) in [5.74, 6) is 0.218. The van der Waals surface area contributed by atoms with Crippen molar-refractivity contribution in [2.75, 3.05) is 17.2 Å². The molecule has 1 aliphatic rings. The van der Waals surface area contributed by atoms with Crippen LogP contribution in [0.5, 0.6) is 0 Å². The summed E-state index contributed by atoms with van der Waals surface area (Å²) in [7, 11) is 0. The second kappa shape index (κ2) is 3.81. The van der Waals surface area contributed by atoms with Crippen LogP contribution in [0.1, 0.15) is 25.0 Å². The Labute approximate surface area is 96.2 Å². The molecule has 1 aromatic rings. The molecule has 16 heavy (non-hydrogen) atoms. The van der Waals surface area contributed by atoms with E-state index in [1.54, 1.807) is 0 Å². The zero-order chi connectivity index (χ0) is 11.9. The lowest BCUT2D eigenvalue weighted by Crippen LogP contribution is -2.32. The van der Waals surface area contributed by atoms with E-state index in [0.29, 0.717) is 0 Å².